The molecule has 0 bridgehead atoms. The van der Waals surface area contributed by atoms with Crippen molar-refractivity contribution in [3.8, 4) is 0 Å². The lowest BCUT2D eigenvalue weighted by molar-refractivity contribution is 0.580. The molecule has 0 radical (unpaired) electrons. The molecular weight excluding hydrogens is 181 g/mol. The normalized spacial score (nSPS) is 9.79. The van der Waals surface area contributed by atoms with Crippen LogP contribution in [-0.2, 0) is 0 Å². The minimum absolute atomic E-state index is 0.448. The summed E-state index contributed by atoms with van der Waals surface area (Å²) in [4.78, 5) is 7.24. The molecule has 1 N–H and O–H groups in total. The Labute approximate surface area is 80.6 Å². The van der Waals surface area contributed by atoms with Crippen LogP contribution in [0.25, 0.3) is 0 Å². The highest BCUT2D eigenvalue weighted by Gasteiger charge is 1.96. The molecule has 70 valence electrons. The SMILES string of the molecule is Fc1cc(Nc2ccccc2)ncn1. The lowest BCUT2D eigenvalue weighted by Gasteiger charge is -2.03. The first-order valence-corrected chi connectivity index (χ1v) is 4.14. The van der Waals surface area contributed by atoms with Crippen molar-refractivity contribution in [2.75, 3.05) is 5.32 Å². The number of para-hydroxylation sites is 1. The number of benzene rings is 1. The van der Waals surface area contributed by atoms with E-state index in [1.54, 1.807) is 0 Å². The molecule has 2 rings (SSSR count). The van der Waals surface area contributed by atoms with Crippen LogP contribution in [0.2, 0.25) is 0 Å². The molecule has 0 amide bonds. The Kier molecular flexibility index (Phi) is 2.36. The van der Waals surface area contributed by atoms with Crippen LogP contribution in [0.15, 0.2) is 42.7 Å². The van der Waals surface area contributed by atoms with Crippen molar-refractivity contribution in [3.63, 3.8) is 0 Å². The van der Waals surface area contributed by atoms with E-state index in [9.17, 15) is 4.39 Å². The number of halogens is 1. The van der Waals surface area contributed by atoms with E-state index < -0.39 is 5.95 Å². The molecule has 0 atom stereocenters. The van der Waals surface area contributed by atoms with Gasteiger partial charge in [-0.3, -0.25) is 0 Å². The zero-order valence-electron chi connectivity index (χ0n) is 7.31. The number of nitrogens with one attached hydrogen (secondary N) is 1. The van der Waals surface area contributed by atoms with Gasteiger partial charge in [0.1, 0.15) is 12.1 Å². The van der Waals surface area contributed by atoms with E-state index in [-0.39, 0.29) is 0 Å². The van der Waals surface area contributed by atoms with Gasteiger partial charge in [-0.1, -0.05) is 18.2 Å². The number of hydrogen-bond donors (Lipinski definition) is 1. The standard InChI is InChI=1S/C10H8FN3/c11-9-6-10(13-7-12-9)14-8-4-2-1-3-5-8/h1-7H,(H,12,13,14). The monoisotopic (exact) mass is 189 g/mol. The van der Waals surface area contributed by atoms with E-state index in [2.05, 4.69) is 15.3 Å². The third-order valence-corrected chi connectivity index (χ3v) is 1.68. The van der Waals surface area contributed by atoms with Gasteiger partial charge in [0, 0.05) is 11.8 Å². The zero-order valence-corrected chi connectivity index (χ0v) is 7.31. The molecule has 2 aromatic rings. The molecule has 0 fully saturated rings. The van der Waals surface area contributed by atoms with Crippen molar-refractivity contribution in [1.29, 1.82) is 0 Å². The lowest BCUT2D eigenvalue weighted by atomic mass is 10.3. The first kappa shape index (κ1) is 8.62. The third-order valence-electron chi connectivity index (χ3n) is 1.68. The van der Waals surface area contributed by atoms with Crippen molar-refractivity contribution in [2.45, 2.75) is 0 Å². The smallest absolute Gasteiger partial charge is 0.218 e. The van der Waals surface area contributed by atoms with Crippen molar-refractivity contribution in [1.82, 2.24) is 9.97 Å². The fourth-order valence-electron chi connectivity index (χ4n) is 1.07. The number of anilines is 2. The van der Waals surface area contributed by atoms with E-state index in [4.69, 9.17) is 0 Å². The third kappa shape index (κ3) is 2.04. The van der Waals surface area contributed by atoms with Gasteiger partial charge in [-0.05, 0) is 12.1 Å². The summed E-state index contributed by atoms with van der Waals surface area (Å²) in [6, 6.07) is 10.7. The molecule has 1 heterocycles. The fraction of sp³-hybridized carbons (Fsp3) is 0. The molecule has 0 spiro atoms. The predicted octanol–water partition coefficient (Wildman–Crippen LogP) is 2.36. The van der Waals surface area contributed by atoms with Crippen LogP contribution in [0.3, 0.4) is 0 Å². The van der Waals surface area contributed by atoms with E-state index in [1.165, 1.54) is 12.4 Å². The summed E-state index contributed by atoms with van der Waals surface area (Å²) in [7, 11) is 0. The van der Waals surface area contributed by atoms with Crippen molar-refractivity contribution in [2.24, 2.45) is 0 Å². The molecule has 0 unspecified atom stereocenters. The molecule has 1 aromatic heterocycles. The van der Waals surface area contributed by atoms with Crippen LogP contribution in [0.5, 0.6) is 0 Å². The van der Waals surface area contributed by atoms with Crippen molar-refractivity contribution < 1.29 is 4.39 Å². The largest absolute Gasteiger partial charge is 0.340 e. The highest BCUT2D eigenvalue weighted by Crippen LogP contribution is 2.12. The van der Waals surface area contributed by atoms with Crippen LogP contribution < -0.4 is 5.32 Å². The van der Waals surface area contributed by atoms with Gasteiger partial charge >= 0.3 is 0 Å². The highest BCUT2D eigenvalue weighted by molar-refractivity contribution is 5.54. The Hall–Kier alpha value is -1.97. The Morgan fingerprint density at radius 3 is 2.57 bits per heavy atom. The fourth-order valence-corrected chi connectivity index (χ4v) is 1.07. The average molecular weight is 189 g/mol. The van der Waals surface area contributed by atoms with E-state index in [0.717, 1.165) is 5.69 Å². The molecule has 0 saturated heterocycles. The number of aromatic nitrogens is 2. The van der Waals surface area contributed by atoms with Gasteiger partial charge in [-0.2, -0.15) is 4.39 Å². The summed E-state index contributed by atoms with van der Waals surface area (Å²) in [5.74, 6) is -0.0952. The van der Waals surface area contributed by atoms with Crippen molar-refractivity contribution in [3.05, 3.63) is 48.7 Å². The molecular formula is C10H8FN3. The van der Waals surface area contributed by atoms with Gasteiger partial charge < -0.3 is 5.32 Å². The maximum Gasteiger partial charge on any atom is 0.218 e. The number of rotatable bonds is 2. The molecule has 0 aliphatic carbocycles. The highest BCUT2D eigenvalue weighted by atomic mass is 19.1. The first-order chi connectivity index (χ1) is 6.84. The molecule has 14 heavy (non-hydrogen) atoms. The molecule has 3 nitrogen and oxygen atoms in total. The van der Waals surface area contributed by atoms with Gasteiger partial charge in [0.25, 0.3) is 0 Å². The molecule has 4 heteroatoms. The molecule has 0 saturated carbocycles. The summed E-state index contributed by atoms with van der Waals surface area (Å²) in [5.41, 5.74) is 0.866. The Morgan fingerprint density at radius 2 is 1.86 bits per heavy atom. The lowest BCUT2D eigenvalue weighted by Crippen LogP contribution is -1.94. The molecule has 1 aromatic carbocycles. The molecule has 0 aliphatic rings. The quantitative estimate of drug-likeness (QED) is 0.737. The zero-order chi connectivity index (χ0) is 9.80. The van der Waals surface area contributed by atoms with Crippen LogP contribution >= 0.6 is 0 Å². The van der Waals surface area contributed by atoms with E-state index in [1.807, 2.05) is 30.3 Å². The van der Waals surface area contributed by atoms with Gasteiger partial charge in [0.15, 0.2) is 0 Å². The topological polar surface area (TPSA) is 37.8 Å². The minimum atomic E-state index is -0.543. The summed E-state index contributed by atoms with van der Waals surface area (Å²) < 4.78 is 12.7. The van der Waals surface area contributed by atoms with Gasteiger partial charge in [-0.15, -0.1) is 0 Å². The van der Waals surface area contributed by atoms with E-state index >= 15 is 0 Å². The second-order valence-corrected chi connectivity index (χ2v) is 2.72. The van der Waals surface area contributed by atoms with Crippen LogP contribution in [0, 0.1) is 5.95 Å². The van der Waals surface area contributed by atoms with Gasteiger partial charge in [0.2, 0.25) is 5.95 Å². The summed E-state index contributed by atoms with van der Waals surface area (Å²) in [6.45, 7) is 0. The molecule has 0 aliphatic heterocycles. The second-order valence-electron chi connectivity index (χ2n) is 2.72. The van der Waals surface area contributed by atoms with Crippen LogP contribution in [0.1, 0.15) is 0 Å². The summed E-state index contributed by atoms with van der Waals surface area (Å²) in [5, 5.41) is 2.95. The van der Waals surface area contributed by atoms with Crippen molar-refractivity contribution >= 4 is 11.5 Å². The van der Waals surface area contributed by atoms with Crippen LogP contribution in [-0.4, -0.2) is 9.97 Å². The van der Waals surface area contributed by atoms with Gasteiger partial charge in [-0.25, -0.2) is 9.97 Å². The maximum atomic E-state index is 12.7. The Morgan fingerprint density at radius 1 is 1.07 bits per heavy atom. The minimum Gasteiger partial charge on any atom is -0.340 e. The summed E-state index contributed by atoms with van der Waals surface area (Å²) in [6.07, 6.45) is 1.18. The predicted molar refractivity (Wildman–Crippen MR) is 51.7 cm³/mol. The van der Waals surface area contributed by atoms with E-state index in [0.29, 0.717) is 5.82 Å². The average Bonchev–Trinajstić information content (AvgIpc) is 2.19. The van der Waals surface area contributed by atoms with Gasteiger partial charge in [0.05, 0.1) is 0 Å². The number of hydrogen-bond acceptors (Lipinski definition) is 3. The maximum absolute atomic E-state index is 12.7. The van der Waals surface area contributed by atoms with Crippen LogP contribution in [0.4, 0.5) is 15.9 Å². The Bertz CT molecular complexity index is 417. The summed E-state index contributed by atoms with van der Waals surface area (Å²) >= 11 is 0. The Balaban J connectivity index is 2.19. The second kappa shape index (κ2) is 3.83. The first-order valence-electron chi connectivity index (χ1n) is 4.14. The number of nitrogens with zero attached hydrogens (tertiary/aromatic N) is 2.